The SMILES string of the molecule is CCc1ccccc1NC(=O)CCN1C(=S)N[C@@H](c2ccccn2)[C@@H]1c1cccn1CC. The zero-order valence-corrected chi connectivity index (χ0v) is 19.3. The molecule has 4 rings (SSSR count). The minimum Gasteiger partial charge on any atom is -0.352 e. The highest BCUT2D eigenvalue weighted by atomic mass is 32.1. The van der Waals surface area contributed by atoms with E-state index in [0.29, 0.717) is 18.1 Å². The molecule has 1 amide bonds. The second-order valence-electron chi connectivity index (χ2n) is 7.85. The van der Waals surface area contributed by atoms with Gasteiger partial charge in [-0.05, 0) is 61.5 Å². The number of benzene rings is 1. The fourth-order valence-corrected chi connectivity index (χ4v) is 4.67. The van der Waals surface area contributed by atoms with Crippen LogP contribution in [0.4, 0.5) is 5.69 Å². The topological polar surface area (TPSA) is 62.2 Å². The lowest BCUT2D eigenvalue weighted by Crippen LogP contribution is -2.33. The number of para-hydroxylation sites is 1. The van der Waals surface area contributed by atoms with Crippen LogP contribution in [0.5, 0.6) is 0 Å². The van der Waals surface area contributed by atoms with Crippen LogP contribution in [-0.4, -0.2) is 32.0 Å². The molecule has 1 saturated heterocycles. The summed E-state index contributed by atoms with van der Waals surface area (Å²) in [6, 6.07) is 17.9. The number of carbonyl (C=O) groups is 1. The van der Waals surface area contributed by atoms with Gasteiger partial charge in [-0.2, -0.15) is 0 Å². The summed E-state index contributed by atoms with van der Waals surface area (Å²) in [5, 5.41) is 7.17. The summed E-state index contributed by atoms with van der Waals surface area (Å²) in [5.74, 6) is -0.0142. The number of hydrogen-bond donors (Lipinski definition) is 2. The van der Waals surface area contributed by atoms with Crippen LogP contribution >= 0.6 is 12.2 Å². The van der Waals surface area contributed by atoms with Gasteiger partial charge in [0.15, 0.2) is 5.11 Å². The molecular weight excluding hydrogens is 418 g/mol. The molecule has 2 aromatic heterocycles. The molecule has 1 aliphatic heterocycles. The van der Waals surface area contributed by atoms with E-state index < -0.39 is 0 Å². The summed E-state index contributed by atoms with van der Waals surface area (Å²) < 4.78 is 2.22. The molecular formula is C25H29N5OS. The summed E-state index contributed by atoms with van der Waals surface area (Å²) in [5.41, 5.74) is 4.11. The molecule has 1 aromatic carbocycles. The molecule has 0 radical (unpaired) electrons. The summed E-state index contributed by atoms with van der Waals surface area (Å²) >= 11 is 5.72. The van der Waals surface area contributed by atoms with Gasteiger partial charge in [-0.15, -0.1) is 0 Å². The predicted octanol–water partition coefficient (Wildman–Crippen LogP) is 4.47. The molecule has 0 spiro atoms. The van der Waals surface area contributed by atoms with E-state index in [4.69, 9.17) is 12.2 Å². The van der Waals surface area contributed by atoms with E-state index in [1.165, 1.54) is 0 Å². The van der Waals surface area contributed by atoms with Crippen molar-refractivity contribution in [2.45, 2.75) is 45.3 Å². The molecule has 1 fully saturated rings. The number of nitrogens with one attached hydrogen (secondary N) is 2. The summed E-state index contributed by atoms with van der Waals surface area (Å²) in [7, 11) is 0. The number of aromatic nitrogens is 2. The van der Waals surface area contributed by atoms with Gasteiger partial charge in [-0.3, -0.25) is 9.78 Å². The van der Waals surface area contributed by atoms with Crippen LogP contribution in [-0.2, 0) is 17.8 Å². The summed E-state index contributed by atoms with van der Waals surface area (Å²) in [6.45, 7) is 5.60. The Bertz CT molecular complexity index is 1080. The summed E-state index contributed by atoms with van der Waals surface area (Å²) in [6.07, 6.45) is 5.10. The molecule has 7 heteroatoms. The average molecular weight is 448 g/mol. The fourth-order valence-electron chi connectivity index (χ4n) is 4.34. The Kier molecular flexibility index (Phi) is 6.85. The number of rotatable bonds is 8. The van der Waals surface area contributed by atoms with Crippen molar-refractivity contribution >= 4 is 28.9 Å². The lowest BCUT2D eigenvalue weighted by molar-refractivity contribution is -0.116. The van der Waals surface area contributed by atoms with Crippen molar-refractivity contribution in [3.8, 4) is 0 Å². The number of pyridine rings is 1. The smallest absolute Gasteiger partial charge is 0.226 e. The normalized spacial score (nSPS) is 17.9. The van der Waals surface area contributed by atoms with Crippen LogP contribution in [0.2, 0.25) is 0 Å². The number of aryl methyl sites for hydroxylation is 2. The van der Waals surface area contributed by atoms with Gasteiger partial charge < -0.3 is 20.1 Å². The first-order valence-electron chi connectivity index (χ1n) is 11.1. The largest absolute Gasteiger partial charge is 0.352 e. The maximum absolute atomic E-state index is 12.8. The van der Waals surface area contributed by atoms with E-state index in [1.54, 1.807) is 6.20 Å². The number of thiocarbonyl (C=S) groups is 1. The molecule has 3 heterocycles. The van der Waals surface area contributed by atoms with Crippen molar-refractivity contribution in [3.63, 3.8) is 0 Å². The van der Waals surface area contributed by atoms with Crippen LogP contribution in [0, 0.1) is 0 Å². The molecule has 0 aliphatic carbocycles. The Labute approximate surface area is 194 Å². The van der Waals surface area contributed by atoms with Crippen LogP contribution in [0.1, 0.15) is 49.3 Å². The first-order chi connectivity index (χ1) is 15.6. The summed E-state index contributed by atoms with van der Waals surface area (Å²) in [4.78, 5) is 19.5. The Morgan fingerprint density at radius 2 is 1.94 bits per heavy atom. The van der Waals surface area contributed by atoms with Gasteiger partial charge >= 0.3 is 0 Å². The van der Waals surface area contributed by atoms with Gasteiger partial charge in [0.05, 0.1) is 17.8 Å². The lowest BCUT2D eigenvalue weighted by atomic mass is 10.0. The zero-order valence-electron chi connectivity index (χ0n) is 18.5. The van der Waals surface area contributed by atoms with Crippen molar-refractivity contribution in [2.75, 3.05) is 11.9 Å². The number of anilines is 1. The molecule has 0 unspecified atom stereocenters. The molecule has 2 N–H and O–H groups in total. The van der Waals surface area contributed by atoms with E-state index in [1.807, 2.05) is 42.5 Å². The van der Waals surface area contributed by atoms with Crippen molar-refractivity contribution < 1.29 is 4.79 Å². The third-order valence-corrected chi connectivity index (χ3v) is 6.31. The molecule has 1 aliphatic rings. The lowest BCUT2D eigenvalue weighted by Gasteiger charge is -2.28. The molecule has 3 aromatic rings. The minimum atomic E-state index is -0.0761. The van der Waals surface area contributed by atoms with E-state index >= 15 is 0 Å². The zero-order chi connectivity index (χ0) is 22.5. The molecule has 2 atom stereocenters. The Hall–Kier alpha value is -3.19. The predicted molar refractivity (Wildman–Crippen MR) is 131 cm³/mol. The van der Waals surface area contributed by atoms with E-state index in [9.17, 15) is 4.79 Å². The highest BCUT2D eigenvalue weighted by Crippen LogP contribution is 2.38. The average Bonchev–Trinajstić information content (AvgIpc) is 3.42. The third-order valence-electron chi connectivity index (χ3n) is 5.96. The van der Waals surface area contributed by atoms with E-state index in [0.717, 1.165) is 35.6 Å². The Morgan fingerprint density at radius 1 is 1.12 bits per heavy atom. The van der Waals surface area contributed by atoms with Gasteiger partial charge in [-0.1, -0.05) is 31.2 Å². The molecule has 0 bridgehead atoms. The minimum absolute atomic E-state index is 0.0142. The number of hydrogen-bond acceptors (Lipinski definition) is 3. The van der Waals surface area contributed by atoms with Gasteiger partial charge in [-0.25, -0.2) is 0 Å². The van der Waals surface area contributed by atoms with Gasteiger partial charge in [0, 0.05) is 43.3 Å². The number of carbonyl (C=O) groups excluding carboxylic acids is 1. The fraction of sp³-hybridized carbons (Fsp3) is 0.320. The van der Waals surface area contributed by atoms with Crippen molar-refractivity contribution in [1.82, 2.24) is 19.8 Å². The number of nitrogens with zero attached hydrogens (tertiary/aromatic N) is 3. The maximum Gasteiger partial charge on any atom is 0.226 e. The molecule has 32 heavy (non-hydrogen) atoms. The first-order valence-corrected chi connectivity index (χ1v) is 11.5. The van der Waals surface area contributed by atoms with Gasteiger partial charge in [0.25, 0.3) is 0 Å². The first kappa shape index (κ1) is 22.0. The number of amides is 1. The van der Waals surface area contributed by atoms with Gasteiger partial charge in [0.1, 0.15) is 0 Å². The standard InChI is InChI=1S/C25H29N5OS/c1-3-18-10-5-6-11-19(18)27-22(31)14-17-30-24(21-13-9-16-29(21)4-2)23(28-25(30)32)20-12-7-8-15-26-20/h5-13,15-16,23-24H,3-4,14,17H2,1-2H3,(H,27,31)(H,28,32)/t23-,24-/m0/s1. The maximum atomic E-state index is 12.8. The van der Waals surface area contributed by atoms with E-state index in [-0.39, 0.29) is 18.0 Å². The highest BCUT2D eigenvalue weighted by Gasteiger charge is 2.40. The Morgan fingerprint density at radius 3 is 2.69 bits per heavy atom. The molecule has 0 saturated carbocycles. The van der Waals surface area contributed by atoms with Crippen molar-refractivity contribution in [3.05, 3.63) is 83.9 Å². The second kappa shape index (κ2) is 9.96. The van der Waals surface area contributed by atoms with Crippen molar-refractivity contribution in [1.29, 1.82) is 0 Å². The Balaban J connectivity index is 1.54. The molecule has 6 nitrogen and oxygen atoms in total. The van der Waals surface area contributed by atoms with Crippen LogP contribution in [0.25, 0.3) is 0 Å². The highest BCUT2D eigenvalue weighted by molar-refractivity contribution is 7.80. The van der Waals surface area contributed by atoms with Gasteiger partial charge in [0.2, 0.25) is 5.91 Å². The van der Waals surface area contributed by atoms with Crippen LogP contribution in [0.15, 0.2) is 67.0 Å². The third kappa shape index (κ3) is 4.53. The van der Waals surface area contributed by atoms with Crippen LogP contribution < -0.4 is 10.6 Å². The monoisotopic (exact) mass is 447 g/mol. The van der Waals surface area contributed by atoms with Crippen molar-refractivity contribution in [2.24, 2.45) is 0 Å². The van der Waals surface area contributed by atoms with Crippen LogP contribution in [0.3, 0.4) is 0 Å². The second-order valence-corrected chi connectivity index (χ2v) is 8.23. The van der Waals surface area contributed by atoms with E-state index in [2.05, 4.69) is 57.3 Å². The molecule has 166 valence electrons. The quantitative estimate of drug-likeness (QED) is 0.499.